The van der Waals surface area contributed by atoms with E-state index in [1.54, 1.807) is 0 Å². The number of rotatable bonds is 6. The van der Waals surface area contributed by atoms with Gasteiger partial charge in [0.2, 0.25) is 10.0 Å². The number of sulfonamides is 1. The highest BCUT2D eigenvalue weighted by Crippen LogP contribution is 2.24. The van der Waals surface area contributed by atoms with Crippen LogP contribution in [0.2, 0.25) is 0 Å². The minimum Gasteiger partial charge on any atom is -0.215 e. The third kappa shape index (κ3) is 5.52. The van der Waals surface area contributed by atoms with E-state index in [2.05, 4.69) is 11.6 Å². The van der Waals surface area contributed by atoms with Crippen LogP contribution in [0.4, 0.5) is 0 Å². The standard InChI is InChI=1S/C11H23NO2S/c1-2-3-9-12-15(13,14)10-11-7-5-4-6-8-11/h11-12H,2-10H2,1H3. The van der Waals surface area contributed by atoms with E-state index >= 15 is 0 Å². The van der Waals surface area contributed by atoms with Gasteiger partial charge in [-0.15, -0.1) is 0 Å². The molecule has 0 spiro atoms. The summed E-state index contributed by atoms with van der Waals surface area (Å²) in [4.78, 5) is 0. The molecule has 1 aliphatic carbocycles. The summed E-state index contributed by atoms with van der Waals surface area (Å²) in [6.07, 6.45) is 7.84. The van der Waals surface area contributed by atoms with E-state index in [4.69, 9.17) is 0 Å². The third-order valence-electron chi connectivity index (χ3n) is 3.03. The van der Waals surface area contributed by atoms with Gasteiger partial charge in [-0.05, 0) is 25.2 Å². The predicted octanol–water partition coefficient (Wildman–Crippen LogP) is 2.29. The fourth-order valence-corrected chi connectivity index (χ4v) is 3.65. The Morgan fingerprint density at radius 1 is 1.20 bits per heavy atom. The average molecular weight is 233 g/mol. The molecule has 4 heteroatoms. The van der Waals surface area contributed by atoms with Gasteiger partial charge < -0.3 is 0 Å². The molecule has 0 aromatic rings. The van der Waals surface area contributed by atoms with E-state index < -0.39 is 10.0 Å². The van der Waals surface area contributed by atoms with Crippen LogP contribution in [0.5, 0.6) is 0 Å². The Bertz CT molecular complexity index is 256. The highest BCUT2D eigenvalue weighted by Gasteiger charge is 2.20. The molecule has 0 aliphatic heterocycles. The van der Waals surface area contributed by atoms with Gasteiger partial charge in [-0.25, -0.2) is 13.1 Å². The fraction of sp³-hybridized carbons (Fsp3) is 1.00. The molecule has 3 nitrogen and oxygen atoms in total. The molecule has 0 bridgehead atoms. The third-order valence-corrected chi connectivity index (χ3v) is 4.59. The van der Waals surface area contributed by atoms with Crippen molar-refractivity contribution in [3.8, 4) is 0 Å². The fourth-order valence-electron chi connectivity index (χ4n) is 2.13. The second-order valence-electron chi connectivity index (χ2n) is 4.53. The second kappa shape index (κ2) is 6.48. The summed E-state index contributed by atoms with van der Waals surface area (Å²) in [5.74, 6) is 0.745. The highest BCUT2D eigenvalue weighted by atomic mass is 32.2. The van der Waals surface area contributed by atoms with Gasteiger partial charge in [0, 0.05) is 6.54 Å². The maximum atomic E-state index is 11.7. The van der Waals surface area contributed by atoms with E-state index in [-0.39, 0.29) is 0 Å². The van der Waals surface area contributed by atoms with Crippen LogP contribution in [-0.2, 0) is 10.0 Å². The molecule has 0 unspecified atom stereocenters. The van der Waals surface area contributed by atoms with Crippen LogP contribution < -0.4 is 4.72 Å². The zero-order chi connectivity index (χ0) is 11.1. The van der Waals surface area contributed by atoms with Gasteiger partial charge in [-0.1, -0.05) is 32.6 Å². The Hall–Kier alpha value is -0.0900. The van der Waals surface area contributed by atoms with Gasteiger partial charge >= 0.3 is 0 Å². The Labute approximate surface area is 93.7 Å². The predicted molar refractivity (Wildman–Crippen MR) is 63.3 cm³/mol. The van der Waals surface area contributed by atoms with Crippen LogP contribution in [0.15, 0.2) is 0 Å². The van der Waals surface area contributed by atoms with E-state index in [0.29, 0.717) is 18.2 Å². The van der Waals surface area contributed by atoms with Crippen LogP contribution in [0.25, 0.3) is 0 Å². The zero-order valence-electron chi connectivity index (χ0n) is 9.67. The second-order valence-corrected chi connectivity index (χ2v) is 6.38. The lowest BCUT2D eigenvalue weighted by Gasteiger charge is -2.21. The normalized spacial score (nSPS) is 19.3. The van der Waals surface area contributed by atoms with Gasteiger partial charge in [0.15, 0.2) is 0 Å². The number of nitrogens with one attached hydrogen (secondary N) is 1. The Morgan fingerprint density at radius 2 is 1.87 bits per heavy atom. The number of hydrogen-bond donors (Lipinski definition) is 1. The van der Waals surface area contributed by atoms with Gasteiger partial charge in [0.1, 0.15) is 0 Å². The first-order valence-electron chi connectivity index (χ1n) is 6.11. The van der Waals surface area contributed by atoms with Crippen LogP contribution in [0, 0.1) is 5.92 Å². The van der Waals surface area contributed by atoms with Crippen molar-refractivity contribution in [2.24, 2.45) is 5.92 Å². The molecule has 1 fully saturated rings. The van der Waals surface area contributed by atoms with Crippen molar-refractivity contribution in [2.45, 2.75) is 51.9 Å². The quantitative estimate of drug-likeness (QED) is 0.715. The maximum Gasteiger partial charge on any atom is 0.211 e. The molecule has 0 aromatic heterocycles. The lowest BCUT2D eigenvalue weighted by atomic mass is 9.91. The molecule has 1 aliphatic rings. The molecular formula is C11H23NO2S. The summed E-state index contributed by atoms with van der Waals surface area (Å²) < 4.78 is 26.0. The number of unbranched alkanes of at least 4 members (excludes halogenated alkanes) is 1. The number of hydrogen-bond acceptors (Lipinski definition) is 2. The zero-order valence-corrected chi connectivity index (χ0v) is 10.5. The van der Waals surface area contributed by atoms with Crippen molar-refractivity contribution < 1.29 is 8.42 Å². The topological polar surface area (TPSA) is 46.2 Å². The van der Waals surface area contributed by atoms with Crippen LogP contribution in [0.3, 0.4) is 0 Å². The molecule has 1 saturated carbocycles. The van der Waals surface area contributed by atoms with E-state index in [9.17, 15) is 8.42 Å². The van der Waals surface area contributed by atoms with Crippen molar-refractivity contribution in [3.05, 3.63) is 0 Å². The molecule has 0 amide bonds. The molecule has 0 aromatic carbocycles. The van der Waals surface area contributed by atoms with Crippen LogP contribution in [0.1, 0.15) is 51.9 Å². The van der Waals surface area contributed by atoms with E-state index in [1.165, 1.54) is 19.3 Å². The van der Waals surface area contributed by atoms with Crippen molar-refractivity contribution in [1.29, 1.82) is 0 Å². The monoisotopic (exact) mass is 233 g/mol. The van der Waals surface area contributed by atoms with Gasteiger partial charge in [-0.3, -0.25) is 0 Å². The first-order valence-corrected chi connectivity index (χ1v) is 7.76. The minimum absolute atomic E-state index is 0.344. The molecule has 90 valence electrons. The van der Waals surface area contributed by atoms with Gasteiger partial charge in [0.05, 0.1) is 5.75 Å². The van der Waals surface area contributed by atoms with Crippen LogP contribution in [-0.4, -0.2) is 20.7 Å². The summed E-state index contributed by atoms with van der Waals surface area (Å²) in [6, 6.07) is 0. The van der Waals surface area contributed by atoms with Crippen molar-refractivity contribution in [2.75, 3.05) is 12.3 Å². The lowest BCUT2D eigenvalue weighted by Crippen LogP contribution is -2.31. The first-order chi connectivity index (χ1) is 7.14. The SMILES string of the molecule is CCCCNS(=O)(=O)CC1CCCCC1. The average Bonchev–Trinajstić information content (AvgIpc) is 2.18. The minimum atomic E-state index is -3.00. The molecule has 0 heterocycles. The van der Waals surface area contributed by atoms with Crippen LogP contribution >= 0.6 is 0 Å². The molecular weight excluding hydrogens is 210 g/mol. The van der Waals surface area contributed by atoms with E-state index in [0.717, 1.165) is 25.7 Å². The van der Waals surface area contributed by atoms with Crippen molar-refractivity contribution in [3.63, 3.8) is 0 Å². The maximum absolute atomic E-state index is 11.7. The molecule has 0 saturated heterocycles. The Morgan fingerprint density at radius 3 is 2.47 bits per heavy atom. The summed E-state index contributed by atoms with van der Waals surface area (Å²) in [5, 5.41) is 0. The molecule has 0 atom stereocenters. The molecule has 15 heavy (non-hydrogen) atoms. The van der Waals surface area contributed by atoms with Crippen molar-refractivity contribution in [1.82, 2.24) is 4.72 Å². The summed E-state index contributed by atoms with van der Waals surface area (Å²) >= 11 is 0. The Balaban J connectivity index is 2.27. The van der Waals surface area contributed by atoms with E-state index in [1.807, 2.05) is 0 Å². The highest BCUT2D eigenvalue weighted by molar-refractivity contribution is 7.89. The smallest absolute Gasteiger partial charge is 0.211 e. The largest absolute Gasteiger partial charge is 0.215 e. The molecule has 1 N–H and O–H groups in total. The Kier molecular flexibility index (Phi) is 5.61. The summed E-state index contributed by atoms with van der Waals surface area (Å²) in [6.45, 7) is 2.67. The van der Waals surface area contributed by atoms with Gasteiger partial charge in [0.25, 0.3) is 0 Å². The lowest BCUT2D eigenvalue weighted by molar-refractivity contribution is 0.384. The summed E-state index contributed by atoms with van der Waals surface area (Å²) in [7, 11) is -3.00. The van der Waals surface area contributed by atoms with Gasteiger partial charge in [-0.2, -0.15) is 0 Å². The first kappa shape index (κ1) is 13.0. The molecule has 0 radical (unpaired) electrons. The summed E-state index contributed by atoms with van der Waals surface area (Å²) in [5.41, 5.74) is 0. The molecule has 1 rings (SSSR count). The van der Waals surface area contributed by atoms with Crippen molar-refractivity contribution >= 4 is 10.0 Å².